The Morgan fingerprint density at radius 3 is 2.71 bits per heavy atom. The maximum absolute atomic E-state index is 14.6. The lowest BCUT2D eigenvalue weighted by molar-refractivity contribution is 0.280. The zero-order valence-electron chi connectivity index (χ0n) is 20.7. The molecule has 1 aliphatic heterocycles. The Balaban J connectivity index is 1.49. The Kier molecular flexibility index (Phi) is 6.83. The van der Waals surface area contributed by atoms with Gasteiger partial charge in [-0.1, -0.05) is 24.6 Å². The lowest BCUT2D eigenvalue weighted by Crippen LogP contribution is -2.57. The van der Waals surface area contributed by atoms with E-state index in [0.29, 0.717) is 22.4 Å². The molecule has 5 rings (SSSR count). The summed E-state index contributed by atoms with van der Waals surface area (Å²) < 4.78 is 67.8. The molecule has 38 heavy (non-hydrogen) atoms. The lowest BCUT2D eigenvalue weighted by atomic mass is 10.0. The zero-order chi connectivity index (χ0) is 27.3. The summed E-state index contributed by atoms with van der Waals surface area (Å²) in [4.78, 5) is 12.7. The number of halogens is 2. The minimum Gasteiger partial charge on any atom is -0.362 e. The van der Waals surface area contributed by atoms with Crippen molar-refractivity contribution >= 4 is 48.5 Å². The first-order valence-electron chi connectivity index (χ1n) is 12.0. The average molecular weight is 581 g/mol. The number of anilines is 1. The summed E-state index contributed by atoms with van der Waals surface area (Å²) in [5.74, 6) is -0.652. The number of nitrogens with one attached hydrogen (secondary N) is 1. The first-order chi connectivity index (χ1) is 17.9. The van der Waals surface area contributed by atoms with E-state index in [9.17, 15) is 21.2 Å². The van der Waals surface area contributed by atoms with Crippen molar-refractivity contribution in [1.82, 2.24) is 23.2 Å². The Labute approximate surface area is 225 Å². The second-order valence-corrected chi connectivity index (χ2v) is 14.3. The summed E-state index contributed by atoms with van der Waals surface area (Å²) in [5.41, 5.74) is 0.534. The molecule has 0 radical (unpaired) electrons. The molecule has 3 aromatic rings. The van der Waals surface area contributed by atoms with Gasteiger partial charge in [-0.3, -0.25) is 0 Å². The van der Waals surface area contributed by atoms with Crippen LogP contribution < -0.4 is 5.32 Å². The summed E-state index contributed by atoms with van der Waals surface area (Å²) in [6.45, 7) is 3.78. The van der Waals surface area contributed by atoms with Crippen molar-refractivity contribution < 1.29 is 21.2 Å². The number of fused-ring (bicyclic) bond motifs is 1. The van der Waals surface area contributed by atoms with Crippen LogP contribution in [0.5, 0.6) is 0 Å². The predicted octanol–water partition coefficient (Wildman–Crippen LogP) is 3.49. The van der Waals surface area contributed by atoms with Crippen molar-refractivity contribution in [3.8, 4) is 11.4 Å². The van der Waals surface area contributed by atoms with E-state index in [-0.39, 0.29) is 48.6 Å². The maximum Gasteiger partial charge on any atom is 0.249 e. The molecule has 14 heteroatoms. The van der Waals surface area contributed by atoms with Crippen LogP contribution >= 0.6 is 11.6 Å². The molecule has 1 fully saturated rings. The Hall–Kier alpha value is -2.87. The van der Waals surface area contributed by atoms with E-state index in [2.05, 4.69) is 20.3 Å². The van der Waals surface area contributed by atoms with Crippen LogP contribution in [-0.4, -0.2) is 69.7 Å². The minimum absolute atomic E-state index is 0.0596. The van der Waals surface area contributed by atoms with Crippen molar-refractivity contribution in [3.05, 3.63) is 59.8 Å². The lowest BCUT2D eigenvalue weighted by Gasteiger charge is -2.38. The number of hydrogen-bond donors (Lipinski definition) is 1. The van der Waals surface area contributed by atoms with Gasteiger partial charge in [0.25, 0.3) is 0 Å². The quantitative estimate of drug-likeness (QED) is 0.429. The van der Waals surface area contributed by atoms with Gasteiger partial charge in [-0.05, 0) is 44.1 Å². The molecule has 0 bridgehead atoms. The van der Waals surface area contributed by atoms with Crippen molar-refractivity contribution in [2.24, 2.45) is 0 Å². The third-order valence-electron chi connectivity index (χ3n) is 6.65. The number of sulfonamides is 1. The van der Waals surface area contributed by atoms with Crippen LogP contribution in [0.2, 0.25) is 0 Å². The van der Waals surface area contributed by atoms with Crippen LogP contribution in [0.3, 0.4) is 0 Å². The SMILES string of the molecule is CCCS(=O)(=O)N1CC(Nc2nc(-c3cn(S(=O)(=O)C4(C)C=C(Cl)C=CC4)c4ncccc34)ncc2F)C1. The normalized spacial score (nSPS) is 20.9. The van der Waals surface area contributed by atoms with Gasteiger partial charge in [-0.2, -0.15) is 4.31 Å². The molecule has 4 heterocycles. The third kappa shape index (κ3) is 4.61. The van der Waals surface area contributed by atoms with Crippen molar-refractivity contribution in [1.29, 1.82) is 0 Å². The Morgan fingerprint density at radius 1 is 1.24 bits per heavy atom. The van der Waals surface area contributed by atoms with Crippen LogP contribution in [0.15, 0.2) is 54.0 Å². The molecule has 0 saturated carbocycles. The largest absolute Gasteiger partial charge is 0.362 e. The molecule has 0 spiro atoms. The molecule has 202 valence electrons. The molecular weight excluding hydrogens is 555 g/mol. The van der Waals surface area contributed by atoms with Crippen molar-refractivity contribution in [3.63, 3.8) is 0 Å². The van der Waals surface area contributed by atoms with E-state index in [1.54, 1.807) is 38.1 Å². The van der Waals surface area contributed by atoms with Crippen LogP contribution in [-0.2, 0) is 20.0 Å². The van der Waals surface area contributed by atoms with E-state index in [1.807, 2.05) is 0 Å². The van der Waals surface area contributed by atoms with Gasteiger partial charge in [0.05, 0.1) is 18.0 Å². The average Bonchev–Trinajstić information content (AvgIpc) is 3.22. The molecule has 1 N–H and O–H groups in total. The molecule has 1 atom stereocenters. The second-order valence-electron chi connectivity index (χ2n) is 9.53. The molecule has 0 aromatic carbocycles. The topological polar surface area (TPSA) is 127 Å². The summed E-state index contributed by atoms with van der Waals surface area (Å²) >= 11 is 6.14. The highest BCUT2D eigenvalue weighted by atomic mass is 35.5. The van der Waals surface area contributed by atoms with Gasteiger partial charge in [0.2, 0.25) is 20.0 Å². The number of hydrogen-bond acceptors (Lipinski definition) is 8. The number of allylic oxidation sites excluding steroid dienone is 3. The fraction of sp³-hybridized carbons (Fsp3) is 0.375. The number of aromatic nitrogens is 4. The van der Waals surface area contributed by atoms with Crippen LogP contribution in [0.1, 0.15) is 26.7 Å². The van der Waals surface area contributed by atoms with E-state index < -0.39 is 30.6 Å². The standard InChI is InChI=1S/C24H26ClFN6O4S2/c1-3-10-37(33,34)31-13-17(14-31)29-22-20(26)12-28-21(30-22)19-15-32(23-18(19)7-5-9-27-23)38(35,36)24(2)8-4-6-16(25)11-24/h4-7,9,11-12,15,17H,3,8,10,13-14H2,1-2H3,(H,28,29,30). The highest BCUT2D eigenvalue weighted by Crippen LogP contribution is 2.36. The van der Waals surface area contributed by atoms with Gasteiger partial charge >= 0.3 is 0 Å². The van der Waals surface area contributed by atoms with E-state index in [4.69, 9.17) is 11.6 Å². The van der Waals surface area contributed by atoms with Gasteiger partial charge in [0.15, 0.2) is 23.1 Å². The van der Waals surface area contributed by atoms with Crippen LogP contribution in [0.4, 0.5) is 10.2 Å². The van der Waals surface area contributed by atoms with E-state index >= 15 is 0 Å². The van der Waals surface area contributed by atoms with Crippen molar-refractivity contribution in [2.75, 3.05) is 24.2 Å². The van der Waals surface area contributed by atoms with E-state index in [1.165, 1.54) is 22.8 Å². The molecule has 0 amide bonds. The molecular formula is C24H26ClFN6O4S2. The third-order valence-corrected chi connectivity index (χ3v) is 11.2. The smallest absolute Gasteiger partial charge is 0.249 e. The van der Waals surface area contributed by atoms with Gasteiger partial charge in [-0.15, -0.1) is 0 Å². The Bertz CT molecular complexity index is 1680. The van der Waals surface area contributed by atoms with E-state index in [0.717, 1.165) is 10.2 Å². The zero-order valence-corrected chi connectivity index (χ0v) is 23.1. The van der Waals surface area contributed by atoms with Crippen LogP contribution in [0, 0.1) is 5.82 Å². The van der Waals surface area contributed by atoms with Crippen LogP contribution in [0.25, 0.3) is 22.4 Å². The minimum atomic E-state index is -4.03. The number of pyridine rings is 1. The highest BCUT2D eigenvalue weighted by Gasteiger charge is 2.41. The molecule has 1 aliphatic carbocycles. The summed E-state index contributed by atoms with van der Waals surface area (Å²) in [6.07, 6.45) is 9.46. The summed E-state index contributed by atoms with van der Waals surface area (Å²) in [6, 6.07) is 3.03. The van der Waals surface area contributed by atoms with Gasteiger partial charge in [0, 0.05) is 41.5 Å². The summed E-state index contributed by atoms with van der Waals surface area (Å²) in [7, 11) is -7.36. The molecule has 1 unspecified atom stereocenters. The predicted molar refractivity (Wildman–Crippen MR) is 144 cm³/mol. The number of nitrogens with zero attached hydrogens (tertiary/aromatic N) is 5. The maximum atomic E-state index is 14.6. The first-order valence-corrected chi connectivity index (χ1v) is 15.4. The first kappa shape index (κ1) is 26.7. The fourth-order valence-electron chi connectivity index (χ4n) is 4.54. The van der Waals surface area contributed by atoms with Gasteiger partial charge < -0.3 is 5.32 Å². The molecule has 3 aromatic heterocycles. The van der Waals surface area contributed by atoms with Gasteiger partial charge in [-0.25, -0.2) is 40.2 Å². The highest BCUT2D eigenvalue weighted by molar-refractivity contribution is 7.91. The van der Waals surface area contributed by atoms with Gasteiger partial charge in [0.1, 0.15) is 4.75 Å². The second kappa shape index (κ2) is 9.70. The molecule has 1 saturated heterocycles. The Morgan fingerprint density at radius 2 is 2.00 bits per heavy atom. The fourth-order valence-corrected chi connectivity index (χ4v) is 8.17. The number of rotatable bonds is 8. The van der Waals surface area contributed by atoms with Crippen molar-refractivity contribution in [2.45, 2.75) is 37.5 Å². The summed E-state index contributed by atoms with van der Waals surface area (Å²) in [5, 5.41) is 3.74. The molecule has 2 aliphatic rings. The monoisotopic (exact) mass is 580 g/mol. The molecule has 10 nitrogen and oxygen atoms in total.